The van der Waals surface area contributed by atoms with Crippen molar-refractivity contribution in [1.82, 2.24) is 0 Å². The van der Waals surface area contributed by atoms with Crippen LogP contribution in [0.25, 0.3) is 6.08 Å². The fourth-order valence-electron chi connectivity index (χ4n) is 1.19. The normalized spacial score (nSPS) is 11.1. The highest BCUT2D eigenvalue weighted by Crippen LogP contribution is 2.07. The van der Waals surface area contributed by atoms with Crippen molar-refractivity contribution in [3.05, 3.63) is 41.7 Å². The summed E-state index contributed by atoms with van der Waals surface area (Å²) in [7, 11) is -0.918. The van der Waals surface area contributed by atoms with Gasteiger partial charge in [0, 0.05) is 0 Å². The Bertz CT molecular complexity index is 305. The fourth-order valence-corrected chi connectivity index (χ4v) is 1.58. The molecular weight excluding hydrogens is 188 g/mol. The van der Waals surface area contributed by atoms with Crippen molar-refractivity contribution in [2.45, 2.75) is 26.4 Å². The fraction of sp³-hybridized carbons (Fsp3) is 0.333. The molecule has 2 heteroatoms. The molecule has 0 aromatic heterocycles. The van der Waals surface area contributed by atoms with Crippen molar-refractivity contribution in [3.8, 4) is 0 Å². The van der Waals surface area contributed by atoms with Gasteiger partial charge >= 0.3 is 0 Å². The summed E-state index contributed by atoms with van der Waals surface area (Å²) in [5, 5.41) is 0. The molecule has 0 aliphatic carbocycles. The molecule has 0 saturated heterocycles. The minimum atomic E-state index is -0.918. The molecule has 0 radical (unpaired) electrons. The molecule has 0 fully saturated rings. The van der Waals surface area contributed by atoms with Gasteiger partial charge < -0.3 is 4.43 Å². The van der Waals surface area contributed by atoms with E-state index >= 15 is 0 Å². The van der Waals surface area contributed by atoms with Crippen molar-refractivity contribution >= 4 is 15.1 Å². The summed E-state index contributed by atoms with van der Waals surface area (Å²) in [6.45, 7) is 6.49. The number of hydrogen-bond donors (Lipinski definition) is 0. The number of benzene rings is 1. The van der Waals surface area contributed by atoms with Crippen LogP contribution in [0.15, 0.2) is 30.5 Å². The van der Waals surface area contributed by atoms with Gasteiger partial charge in [0.05, 0.1) is 6.26 Å². The van der Waals surface area contributed by atoms with E-state index in [2.05, 4.69) is 44.3 Å². The zero-order valence-corrected chi connectivity index (χ0v) is 10.3. The Kier molecular flexibility index (Phi) is 4.46. The Morgan fingerprint density at radius 2 is 2.14 bits per heavy atom. The van der Waals surface area contributed by atoms with Crippen molar-refractivity contribution in [3.63, 3.8) is 0 Å². The molecule has 0 aliphatic heterocycles. The minimum Gasteiger partial charge on any atom is -0.552 e. The lowest BCUT2D eigenvalue weighted by Crippen LogP contribution is -2.00. The summed E-state index contributed by atoms with van der Waals surface area (Å²) in [5.74, 6) is 0. The van der Waals surface area contributed by atoms with E-state index in [1.54, 1.807) is 0 Å². The van der Waals surface area contributed by atoms with Crippen LogP contribution in [-0.2, 0) is 10.8 Å². The largest absolute Gasteiger partial charge is 0.552 e. The number of aryl methyl sites for hydroxylation is 1. The van der Waals surface area contributed by atoms with E-state index in [1.807, 2.05) is 12.3 Å². The van der Waals surface area contributed by atoms with E-state index in [0.717, 1.165) is 6.42 Å². The minimum absolute atomic E-state index is 0.918. The molecule has 1 aromatic rings. The SMILES string of the molecule is CCc1cccc(C=CO[SiH](C)C)c1. The van der Waals surface area contributed by atoms with Crippen LogP contribution in [0.4, 0.5) is 0 Å². The molecule has 0 aliphatic rings. The van der Waals surface area contributed by atoms with Crippen molar-refractivity contribution < 1.29 is 4.43 Å². The summed E-state index contributed by atoms with van der Waals surface area (Å²) in [5.41, 5.74) is 2.59. The molecule has 0 bridgehead atoms. The van der Waals surface area contributed by atoms with Crippen LogP contribution in [0.1, 0.15) is 18.1 Å². The predicted octanol–water partition coefficient (Wildman–Crippen LogP) is 3.22. The van der Waals surface area contributed by atoms with Crippen molar-refractivity contribution in [1.29, 1.82) is 0 Å². The Morgan fingerprint density at radius 1 is 1.36 bits per heavy atom. The number of hydrogen-bond acceptors (Lipinski definition) is 1. The molecule has 0 atom stereocenters. The molecular formula is C12H18OSi. The van der Waals surface area contributed by atoms with E-state index < -0.39 is 9.04 Å². The maximum atomic E-state index is 5.48. The third-order valence-corrected chi connectivity index (χ3v) is 2.67. The van der Waals surface area contributed by atoms with E-state index in [4.69, 9.17) is 4.43 Å². The third-order valence-electron chi connectivity index (χ3n) is 1.97. The van der Waals surface area contributed by atoms with Crippen LogP contribution in [0, 0.1) is 0 Å². The third kappa shape index (κ3) is 3.79. The summed E-state index contributed by atoms with van der Waals surface area (Å²) in [6, 6.07) is 8.53. The molecule has 0 unspecified atom stereocenters. The van der Waals surface area contributed by atoms with E-state index in [0.29, 0.717) is 0 Å². The molecule has 76 valence electrons. The van der Waals surface area contributed by atoms with E-state index in [-0.39, 0.29) is 0 Å². The molecule has 0 spiro atoms. The first-order chi connectivity index (χ1) is 6.72. The molecule has 1 nitrogen and oxygen atoms in total. The second-order valence-electron chi connectivity index (χ2n) is 3.59. The van der Waals surface area contributed by atoms with Crippen LogP contribution < -0.4 is 0 Å². The first-order valence-corrected chi connectivity index (χ1v) is 7.91. The zero-order chi connectivity index (χ0) is 10.4. The van der Waals surface area contributed by atoms with Crippen LogP contribution in [0.3, 0.4) is 0 Å². The lowest BCUT2D eigenvalue weighted by atomic mass is 10.1. The Labute approximate surface area is 88.1 Å². The van der Waals surface area contributed by atoms with Gasteiger partial charge in [-0.1, -0.05) is 31.2 Å². The first kappa shape index (κ1) is 11.1. The molecule has 0 N–H and O–H groups in total. The second-order valence-corrected chi connectivity index (χ2v) is 5.96. The maximum absolute atomic E-state index is 5.48. The highest BCUT2D eigenvalue weighted by atomic mass is 28.3. The highest BCUT2D eigenvalue weighted by Gasteiger charge is 1.92. The van der Waals surface area contributed by atoms with Gasteiger partial charge in [-0.3, -0.25) is 0 Å². The van der Waals surface area contributed by atoms with Gasteiger partial charge in [0.15, 0.2) is 0 Å². The topological polar surface area (TPSA) is 9.23 Å². The van der Waals surface area contributed by atoms with Gasteiger partial charge in [-0.2, -0.15) is 0 Å². The standard InChI is InChI=1S/C12H18OSi/c1-4-11-6-5-7-12(10-11)8-9-13-14(2)3/h5-10,14H,4H2,1-3H3. The van der Waals surface area contributed by atoms with Gasteiger partial charge in [0.25, 0.3) is 0 Å². The van der Waals surface area contributed by atoms with Crippen LogP contribution in [-0.4, -0.2) is 9.04 Å². The quantitative estimate of drug-likeness (QED) is 0.543. The molecule has 0 amide bonds. The van der Waals surface area contributed by atoms with E-state index in [1.165, 1.54) is 11.1 Å². The monoisotopic (exact) mass is 206 g/mol. The first-order valence-electron chi connectivity index (χ1n) is 5.13. The molecule has 0 saturated carbocycles. The Morgan fingerprint density at radius 3 is 2.79 bits per heavy atom. The average Bonchev–Trinajstić information content (AvgIpc) is 2.18. The second kappa shape index (κ2) is 5.65. The van der Waals surface area contributed by atoms with Gasteiger partial charge in [-0.15, -0.1) is 0 Å². The number of rotatable bonds is 4. The highest BCUT2D eigenvalue weighted by molar-refractivity contribution is 6.48. The van der Waals surface area contributed by atoms with Crippen molar-refractivity contribution in [2.75, 3.05) is 0 Å². The van der Waals surface area contributed by atoms with Crippen LogP contribution in [0.2, 0.25) is 13.1 Å². The Hall–Kier alpha value is -1.02. The lowest BCUT2D eigenvalue weighted by Gasteiger charge is -2.02. The molecule has 1 aromatic carbocycles. The van der Waals surface area contributed by atoms with Gasteiger partial charge in [-0.25, -0.2) is 0 Å². The summed E-state index contributed by atoms with van der Waals surface area (Å²) in [4.78, 5) is 0. The molecule has 1 rings (SSSR count). The summed E-state index contributed by atoms with van der Waals surface area (Å²) < 4.78 is 5.48. The van der Waals surface area contributed by atoms with Gasteiger partial charge in [0.2, 0.25) is 9.04 Å². The lowest BCUT2D eigenvalue weighted by molar-refractivity contribution is 0.505. The van der Waals surface area contributed by atoms with Crippen LogP contribution >= 0.6 is 0 Å². The molecule has 0 heterocycles. The summed E-state index contributed by atoms with van der Waals surface area (Å²) in [6.07, 6.45) is 4.94. The van der Waals surface area contributed by atoms with E-state index in [9.17, 15) is 0 Å². The summed E-state index contributed by atoms with van der Waals surface area (Å²) >= 11 is 0. The van der Waals surface area contributed by atoms with Crippen molar-refractivity contribution in [2.24, 2.45) is 0 Å². The molecule has 14 heavy (non-hydrogen) atoms. The smallest absolute Gasteiger partial charge is 0.228 e. The zero-order valence-electron chi connectivity index (χ0n) is 9.16. The predicted molar refractivity (Wildman–Crippen MR) is 64.8 cm³/mol. The van der Waals surface area contributed by atoms with Gasteiger partial charge in [0.1, 0.15) is 0 Å². The average molecular weight is 206 g/mol. The van der Waals surface area contributed by atoms with Gasteiger partial charge in [-0.05, 0) is 36.7 Å². The van der Waals surface area contributed by atoms with Crippen LogP contribution in [0.5, 0.6) is 0 Å². The maximum Gasteiger partial charge on any atom is 0.228 e. The Balaban J connectivity index is 2.62.